The molecule has 1 fully saturated rings. The van der Waals surface area contributed by atoms with Crippen molar-refractivity contribution in [3.63, 3.8) is 0 Å². The molecule has 0 spiro atoms. The first-order valence-corrected chi connectivity index (χ1v) is 8.38. The van der Waals surface area contributed by atoms with Crippen molar-refractivity contribution in [2.24, 2.45) is 17.6 Å². The molecule has 1 saturated carbocycles. The number of amides is 1. The molecule has 138 valence electrons. The van der Waals surface area contributed by atoms with Crippen molar-refractivity contribution in [2.75, 3.05) is 27.3 Å². The van der Waals surface area contributed by atoms with Crippen LogP contribution in [0.5, 0.6) is 11.5 Å². The second-order valence-electron chi connectivity index (χ2n) is 6.17. The van der Waals surface area contributed by atoms with Crippen LogP contribution in [-0.2, 0) is 11.2 Å². The number of nitrogens with two attached hydrogens (primary N) is 1. The molecule has 1 aliphatic rings. The molecule has 2 rings (SSSR count). The van der Waals surface area contributed by atoms with Crippen molar-refractivity contribution in [3.05, 3.63) is 27.8 Å². The normalized spacial score (nSPS) is 19.5. The molecule has 0 saturated heterocycles. The highest BCUT2D eigenvalue weighted by molar-refractivity contribution is 5.79. The molecule has 1 aliphatic carbocycles. The third-order valence-corrected chi connectivity index (χ3v) is 4.77. The van der Waals surface area contributed by atoms with Gasteiger partial charge in [0.2, 0.25) is 5.91 Å². The highest BCUT2D eigenvalue weighted by Gasteiger charge is 2.31. The molecule has 0 aromatic heterocycles. The first-order valence-electron chi connectivity index (χ1n) is 8.38. The molecule has 1 aromatic rings. The monoisotopic (exact) mass is 351 g/mol. The zero-order chi connectivity index (χ0) is 18.4. The molecule has 0 unspecified atom stereocenters. The lowest BCUT2D eigenvalue weighted by atomic mass is 9.95. The van der Waals surface area contributed by atoms with Crippen LogP contribution >= 0.6 is 0 Å². The van der Waals surface area contributed by atoms with Gasteiger partial charge in [0, 0.05) is 18.0 Å². The van der Waals surface area contributed by atoms with Gasteiger partial charge < -0.3 is 20.5 Å². The minimum atomic E-state index is -0.458. The molecule has 25 heavy (non-hydrogen) atoms. The van der Waals surface area contributed by atoms with Crippen LogP contribution in [0, 0.1) is 22.0 Å². The van der Waals surface area contributed by atoms with Gasteiger partial charge in [-0.1, -0.05) is 6.42 Å². The van der Waals surface area contributed by atoms with E-state index in [0.29, 0.717) is 36.6 Å². The Kier molecular flexibility index (Phi) is 6.58. The van der Waals surface area contributed by atoms with Gasteiger partial charge in [-0.15, -0.1) is 0 Å². The fourth-order valence-electron chi connectivity index (χ4n) is 3.40. The molecule has 3 N–H and O–H groups in total. The summed E-state index contributed by atoms with van der Waals surface area (Å²) in [7, 11) is 2.90. The lowest BCUT2D eigenvalue weighted by Gasteiger charge is -2.17. The third-order valence-electron chi connectivity index (χ3n) is 4.77. The highest BCUT2D eigenvalue weighted by atomic mass is 16.6. The Labute approximate surface area is 146 Å². The van der Waals surface area contributed by atoms with E-state index in [9.17, 15) is 14.9 Å². The molecule has 2 atom stereocenters. The van der Waals surface area contributed by atoms with E-state index in [-0.39, 0.29) is 23.4 Å². The molecule has 0 heterocycles. The molecule has 1 amide bonds. The first kappa shape index (κ1) is 19.0. The largest absolute Gasteiger partial charge is 0.493 e. The number of ether oxygens (including phenoxy) is 2. The zero-order valence-corrected chi connectivity index (χ0v) is 14.6. The van der Waals surface area contributed by atoms with E-state index >= 15 is 0 Å². The molecular formula is C17H25N3O5. The average Bonchev–Trinajstić information content (AvgIpc) is 3.09. The molecule has 1 aromatic carbocycles. The van der Waals surface area contributed by atoms with Gasteiger partial charge >= 0.3 is 0 Å². The van der Waals surface area contributed by atoms with Gasteiger partial charge in [0.1, 0.15) is 0 Å². The number of rotatable bonds is 8. The van der Waals surface area contributed by atoms with Gasteiger partial charge in [0.15, 0.2) is 11.5 Å². The number of nitro groups is 1. The van der Waals surface area contributed by atoms with Crippen LogP contribution in [0.1, 0.15) is 24.8 Å². The van der Waals surface area contributed by atoms with Gasteiger partial charge in [0.25, 0.3) is 5.69 Å². The van der Waals surface area contributed by atoms with Gasteiger partial charge in [-0.2, -0.15) is 0 Å². The number of carbonyl (C=O) groups excluding carboxylic acids is 1. The molecule has 8 nitrogen and oxygen atoms in total. The maximum absolute atomic E-state index is 12.3. The SMILES string of the molecule is COc1cc(CCNC(=O)[C@@H]2CCC[C@@H]2CN)c([N+](=O)[O-])cc1OC. The van der Waals surface area contributed by atoms with Crippen LogP contribution in [0.2, 0.25) is 0 Å². The summed E-state index contributed by atoms with van der Waals surface area (Å²) in [6, 6.07) is 2.93. The number of nitrogens with one attached hydrogen (secondary N) is 1. The van der Waals surface area contributed by atoms with Crippen molar-refractivity contribution in [1.82, 2.24) is 5.32 Å². The molecule has 0 bridgehead atoms. The summed E-state index contributed by atoms with van der Waals surface area (Å²) >= 11 is 0. The topological polar surface area (TPSA) is 117 Å². The van der Waals surface area contributed by atoms with E-state index in [1.54, 1.807) is 6.07 Å². The van der Waals surface area contributed by atoms with Crippen LogP contribution in [-0.4, -0.2) is 38.1 Å². The van der Waals surface area contributed by atoms with Crippen molar-refractivity contribution in [3.8, 4) is 11.5 Å². The van der Waals surface area contributed by atoms with Crippen molar-refractivity contribution in [2.45, 2.75) is 25.7 Å². The molecular weight excluding hydrogens is 326 g/mol. The summed E-state index contributed by atoms with van der Waals surface area (Å²) in [6.07, 6.45) is 3.18. The Balaban J connectivity index is 2.04. The standard InChI is InChI=1S/C17H25N3O5/c1-24-15-8-11(14(20(22)23)9-16(15)25-2)6-7-19-17(21)13-5-3-4-12(13)10-18/h8-9,12-13H,3-7,10,18H2,1-2H3,(H,19,21)/t12-,13-/m1/s1. The Morgan fingerprint density at radius 1 is 1.32 bits per heavy atom. The van der Waals surface area contributed by atoms with Gasteiger partial charge in [-0.05, 0) is 37.8 Å². The van der Waals surface area contributed by atoms with Crippen LogP contribution in [0.15, 0.2) is 12.1 Å². The quantitative estimate of drug-likeness (QED) is 0.543. The van der Waals surface area contributed by atoms with Crippen LogP contribution < -0.4 is 20.5 Å². The van der Waals surface area contributed by atoms with E-state index in [1.165, 1.54) is 20.3 Å². The first-order chi connectivity index (χ1) is 12.0. The Morgan fingerprint density at radius 2 is 2.00 bits per heavy atom. The maximum atomic E-state index is 12.3. The number of carbonyl (C=O) groups is 1. The van der Waals surface area contributed by atoms with Gasteiger partial charge in [0.05, 0.1) is 25.2 Å². The number of methoxy groups -OCH3 is 2. The van der Waals surface area contributed by atoms with E-state index in [4.69, 9.17) is 15.2 Å². The third kappa shape index (κ3) is 4.39. The van der Waals surface area contributed by atoms with Crippen LogP contribution in [0.4, 0.5) is 5.69 Å². The summed E-state index contributed by atoms with van der Waals surface area (Å²) < 4.78 is 10.3. The second-order valence-corrected chi connectivity index (χ2v) is 6.17. The lowest BCUT2D eigenvalue weighted by Crippen LogP contribution is -2.36. The van der Waals surface area contributed by atoms with E-state index < -0.39 is 4.92 Å². The molecule has 0 radical (unpaired) electrons. The van der Waals surface area contributed by atoms with E-state index in [2.05, 4.69) is 5.32 Å². The van der Waals surface area contributed by atoms with E-state index in [0.717, 1.165) is 19.3 Å². The van der Waals surface area contributed by atoms with Crippen molar-refractivity contribution >= 4 is 11.6 Å². The van der Waals surface area contributed by atoms with E-state index in [1.807, 2.05) is 0 Å². The Morgan fingerprint density at radius 3 is 2.60 bits per heavy atom. The zero-order valence-electron chi connectivity index (χ0n) is 14.6. The van der Waals surface area contributed by atoms with Crippen LogP contribution in [0.3, 0.4) is 0 Å². The number of benzene rings is 1. The minimum absolute atomic E-state index is 0.0175. The fraction of sp³-hybridized carbons (Fsp3) is 0.588. The van der Waals surface area contributed by atoms with Gasteiger partial charge in [-0.3, -0.25) is 14.9 Å². The molecule has 8 heteroatoms. The highest BCUT2D eigenvalue weighted by Crippen LogP contribution is 2.35. The average molecular weight is 351 g/mol. The Bertz CT molecular complexity index is 635. The summed E-state index contributed by atoms with van der Waals surface area (Å²) in [5.41, 5.74) is 6.16. The van der Waals surface area contributed by atoms with Crippen LogP contribution in [0.25, 0.3) is 0 Å². The lowest BCUT2D eigenvalue weighted by molar-refractivity contribution is -0.385. The maximum Gasteiger partial charge on any atom is 0.276 e. The Hall–Kier alpha value is -2.35. The summed E-state index contributed by atoms with van der Waals surface area (Å²) in [5.74, 6) is 0.893. The van der Waals surface area contributed by atoms with Crippen molar-refractivity contribution < 1.29 is 19.2 Å². The summed E-state index contributed by atoms with van der Waals surface area (Å²) in [6.45, 7) is 0.836. The predicted octanol–water partition coefficient (Wildman–Crippen LogP) is 1.65. The minimum Gasteiger partial charge on any atom is -0.493 e. The number of nitrogens with zero attached hydrogens (tertiary/aromatic N) is 1. The van der Waals surface area contributed by atoms with Gasteiger partial charge in [-0.25, -0.2) is 0 Å². The number of nitro benzene ring substituents is 1. The summed E-state index contributed by atoms with van der Waals surface area (Å²) in [4.78, 5) is 23.1. The predicted molar refractivity (Wildman–Crippen MR) is 92.8 cm³/mol. The molecule has 0 aliphatic heterocycles. The van der Waals surface area contributed by atoms with Crippen molar-refractivity contribution in [1.29, 1.82) is 0 Å². The fourth-order valence-corrected chi connectivity index (χ4v) is 3.40. The summed E-state index contributed by atoms with van der Waals surface area (Å²) in [5, 5.41) is 14.2. The number of hydrogen-bond acceptors (Lipinski definition) is 6. The number of hydrogen-bond donors (Lipinski definition) is 2. The second kappa shape index (κ2) is 8.66. The smallest absolute Gasteiger partial charge is 0.276 e.